The highest BCUT2D eigenvalue weighted by atomic mass is 35.5. The Morgan fingerprint density at radius 3 is 2.72 bits per heavy atom. The van der Waals surface area contributed by atoms with Crippen LogP contribution in [0.15, 0.2) is 24.3 Å². The van der Waals surface area contributed by atoms with E-state index >= 15 is 0 Å². The molecule has 1 aliphatic heterocycles. The Balaban J connectivity index is 2.05. The Morgan fingerprint density at radius 2 is 2.17 bits per heavy atom. The molecule has 2 atom stereocenters. The molecule has 100 valence electrons. The lowest BCUT2D eigenvalue weighted by Gasteiger charge is -2.22. The maximum Gasteiger partial charge on any atom is 0.126 e. The number of alkyl halides is 1. The van der Waals surface area contributed by atoms with Gasteiger partial charge in [0, 0.05) is 11.8 Å². The van der Waals surface area contributed by atoms with Crippen molar-refractivity contribution in [2.45, 2.75) is 50.7 Å². The first-order valence-electron chi connectivity index (χ1n) is 6.50. The predicted octanol–water partition coefficient (Wildman–Crippen LogP) is 4.50. The van der Waals surface area contributed by atoms with E-state index in [0.717, 1.165) is 19.3 Å². The summed E-state index contributed by atoms with van der Waals surface area (Å²) in [7, 11) is 0. The van der Waals surface area contributed by atoms with Crippen LogP contribution in [-0.4, -0.2) is 17.6 Å². The van der Waals surface area contributed by atoms with Gasteiger partial charge in [0.05, 0.1) is 11.7 Å². The Labute approximate surface area is 113 Å². The lowest BCUT2D eigenvalue weighted by atomic mass is 9.93. The second-order valence-corrected chi connectivity index (χ2v) is 5.96. The molecular formula is C15H20ClFO. The van der Waals surface area contributed by atoms with Gasteiger partial charge in [-0.05, 0) is 44.7 Å². The van der Waals surface area contributed by atoms with E-state index < -0.39 is 0 Å². The number of ether oxygens (including phenoxy) is 1. The van der Waals surface area contributed by atoms with Crippen LogP contribution in [0.4, 0.5) is 4.39 Å². The van der Waals surface area contributed by atoms with Gasteiger partial charge in [0.25, 0.3) is 0 Å². The molecule has 0 aromatic heterocycles. The van der Waals surface area contributed by atoms with E-state index in [4.69, 9.17) is 16.3 Å². The zero-order valence-electron chi connectivity index (χ0n) is 11.0. The van der Waals surface area contributed by atoms with E-state index in [1.165, 1.54) is 6.07 Å². The average Bonchev–Trinajstić information content (AvgIpc) is 2.67. The fourth-order valence-electron chi connectivity index (χ4n) is 2.64. The molecule has 0 bridgehead atoms. The maximum absolute atomic E-state index is 13.8. The minimum atomic E-state index is -0.166. The van der Waals surface area contributed by atoms with E-state index in [2.05, 4.69) is 13.8 Å². The molecule has 1 saturated heterocycles. The second-order valence-electron chi connectivity index (χ2n) is 5.65. The fourth-order valence-corrected chi connectivity index (χ4v) is 2.93. The molecule has 1 aromatic carbocycles. The fraction of sp³-hybridized carbons (Fsp3) is 0.600. The minimum Gasteiger partial charge on any atom is -0.372 e. The summed E-state index contributed by atoms with van der Waals surface area (Å²) in [6, 6.07) is 6.88. The lowest BCUT2D eigenvalue weighted by Crippen LogP contribution is -2.21. The summed E-state index contributed by atoms with van der Waals surface area (Å²) in [6.45, 7) is 4.21. The van der Waals surface area contributed by atoms with E-state index in [-0.39, 0.29) is 23.4 Å². The maximum atomic E-state index is 13.8. The van der Waals surface area contributed by atoms with Crippen molar-refractivity contribution in [3.8, 4) is 0 Å². The molecule has 1 aromatic rings. The SMILES string of the molecule is CC1(C)CCC(CC(CCl)c2ccccc2F)O1. The first kappa shape index (κ1) is 13.8. The number of hydrogen-bond donors (Lipinski definition) is 0. The van der Waals surface area contributed by atoms with Crippen molar-refractivity contribution in [3.63, 3.8) is 0 Å². The summed E-state index contributed by atoms with van der Waals surface area (Å²) in [4.78, 5) is 0. The number of halogens is 2. The Bertz CT molecular complexity index is 405. The van der Waals surface area contributed by atoms with Gasteiger partial charge in [0.15, 0.2) is 0 Å². The zero-order valence-corrected chi connectivity index (χ0v) is 11.7. The summed E-state index contributed by atoms with van der Waals surface area (Å²) < 4.78 is 19.7. The molecule has 1 fully saturated rings. The highest BCUT2D eigenvalue weighted by molar-refractivity contribution is 6.18. The van der Waals surface area contributed by atoms with Gasteiger partial charge in [0.2, 0.25) is 0 Å². The third kappa shape index (κ3) is 3.24. The number of benzene rings is 1. The molecule has 1 nitrogen and oxygen atoms in total. The first-order valence-corrected chi connectivity index (χ1v) is 7.03. The van der Waals surface area contributed by atoms with Gasteiger partial charge in [-0.15, -0.1) is 11.6 Å². The minimum absolute atomic E-state index is 0.0340. The molecule has 1 aliphatic rings. The van der Waals surface area contributed by atoms with Crippen LogP contribution in [0.2, 0.25) is 0 Å². The number of hydrogen-bond acceptors (Lipinski definition) is 1. The van der Waals surface area contributed by atoms with Gasteiger partial charge < -0.3 is 4.74 Å². The van der Waals surface area contributed by atoms with Crippen LogP contribution >= 0.6 is 11.6 Å². The molecular weight excluding hydrogens is 251 g/mol. The molecule has 0 N–H and O–H groups in total. The smallest absolute Gasteiger partial charge is 0.126 e. The average molecular weight is 271 g/mol. The van der Waals surface area contributed by atoms with Crippen LogP contribution < -0.4 is 0 Å². The first-order chi connectivity index (χ1) is 8.52. The molecule has 0 spiro atoms. The van der Waals surface area contributed by atoms with Crippen LogP contribution in [0.3, 0.4) is 0 Å². The van der Waals surface area contributed by atoms with Crippen molar-refractivity contribution >= 4 is 11.6 Å². The summed E-state index contributed by atoms with van der Waals surface area (Å²) in [5.41, 5.74) is 0.664. The van der Waals surface area contributed by atoms with E-state index in [0.29, 0.717) is 11.4 Å². The second kappa shape index (κ2) is 5.58. The normalized spacial score (nSPS) is 24.1. The number of rotatable bonds is 4. The van der Waals surface area contributed by atoms with E-state index in [9.17, 15) is 4.39 Å². The van der Waals surface area contributed by atoms with Gasteiger partial charge in [-0.1, -0.05) is 18.2 Å². The van der Waals surface area contributed by atoms with Gasteiger partial charge >= 0.3 is 0 Å². The Hall–Kier alpha value is -0.600. The van der Waals surface area contributed by atoms with Crippen molar-refractivity contribution in [1.29, 1.82) is 0 Å². The largest absolute Gasteiger partial charge is 0.372 e. The monoisotopic (exact) mass is 270 g/mol. The van der Waals surface area contributed by atoms with Crippen LogP contribution in [-0.2, 0) is 4.74 Å². The molecule has 0 amide bonds. The van der Waals surface area contributed by atoms with Crippen molar-refractivity contribution < 1.29 is 9.13 Å². The molecule has 2 unspecified atom stereocenters. The van der Waals surface area contributed by atoms with Gasteiger partial charge in [-0.3, -0.25) is 0 Å². The predicted molar refractivity (Wildman–Crippen MR) is 72.7 cm³/mol. The molecule has 0 saturated carbocycles. The van der Waals surface area contributed by atoms with Crippen LogP contribution in [0, 0.1) is 5.82 Å². The molecule has 18 heavy (non-hydrogen) atoms. The van der Waals surface area contributed by atoms with Crippen molar-refractivity contribution in [1.82, 2.24) is 0 Å². The van der Waals surface area contributed by atoms with E-state index in [1.54, 1.807) is 6.07 Å². The summed E-state index contributed by atoms with van der Waals surface area (Å²) >= 11 is 6.00. The van der Waals surface area contributed by atoms with Crippen LogP contribution in [0.25, 0.3) is 0 Å². The lowest BCUT2D eigenvalue weighted by molar-refractivity contribution is -0.0203. The molecule has 0 radical (unpaired) electrons. The van der Waals surface area contributed by atoms with Crippen molar-refractivity contribution in [2.24, 2.45) is 0 Å². The van der Waals surface area contributed by atoms with Gasteiger partial charge in [0.1, 0.15) is 5.82 Å². The molecule has 1 heterocycles. The van der Waals surface area contributed by atoms with Crippen LogP contribution in [0.5, 0.6) is 0 Å². The van der Waals surface area contributed by atoms with Crippen LogP contribution in [0.1, 0.15) is 44.6 Å². The molecule has 0 aliphatic carbocycles. The third-order valence-corrected chi connectivity index (χ3v) is 4.01. The highest BCUT2D eigenvalue weighted by Gasteiger charge is 2.33. The van der Waals surface area contributed by atoms with Gasteiger partial charge in [-0.25, -0.2) is 4.39 Å². The standard InChI is InChI=1S/C15H20ClFO/c1-15(2)8-7-12(18-15)9-11(10-16)13-5-3-4-6-14(13)17/h3-6,11-12H,7-10H2,1-2H3. The summed E-state index contributed by atoms with van der Waals surface area (Å²) in [5.74, 6) is 0.300. The van der Waals surface area contributed by atoms with Gasteiger partial charge in [-0.2, -0.15) is 0 Å². The summed E-state index contributed by atoms with van der Waals surface area (Å²) in [5, 5.41) is 0. The Kier molecular flexibility index (Phi) is 4.29. The van der Waals surface area contributed by atoms with E-state index in [1.807, 2.05) is 12.1 Å². The van der Waals surface area contributed by atoms with Crippen molar-refractivity contribution in [2.75, 3.05) is 5.88 Å². The molecule has 2 rings (SSSR count). The van der Waals surface area contributed by atoms with Crippen molar-refractivity contribution in [3.05, 3.63) is 35.6 Å². The Morgan fingerprint density at radius 1 is 1.44 bits per heavy atom. The quantitative estimate of drug-likeness (QED) is 0.732. The third-order valence-electron chi connectivity index (χ3n) is 3.63. The topological polar surface area (TPSA) is 9.23 Å². The zero-order chi connectivity index (χ0) is 13.2. The summed E-state index contributed by atoms with van der Waals surface area (Å²) in [6.07, 6.45) is 3.09. The molecule has 3 heteroatoms. The highest BCUT2D eigenvalue weighted by Crippen LogP contribution is 2.35.